The lowest BCUT2D eigenvalue weighted by Crippen LogP contribution is -2.43. The first-order chi connectivity index (χ1) is 12.0. The largest absolute Gasteiger partial charge is 0.508 e. The van der Waals surface area contributed by atoms with Crippen LogP contribution in [-0.2, 0) is 11.2 Å². The molecule has 6 heteroatoms. The van der Waals surface area contributed by atoms with E-state index in [1.54, 1.807) is 12.1 Å². The number of allylic oxidation sites excluding steroid dienone is 1. The third-order valence-electron chi connectivity index (χ3n) is 4.76. The Morgan fingerprint density at radius 2 is 2.12 bits per heavy atom. The van der Waals surface area contributed by atoms with Crippen molar-refractivity contribution in [2.45, 2.75) is 44.2 Å². The van der Waals surface area contributed by atoms with Crippen LogP contribution >= 0.6 is 11.6 Å². The third-order valence-corrected chi connectivity index (χ3v) is 5.00. The van der Waals surface area contributed by atoms with Crippen LogP contribution in [0.5, 0.6) is 5.75 Å². The lowest BCUT2D eigenvalue weighted by atomic mass is 9.91. The monoisotopic (exact) mass is 362 g/mol. The van der Waals surface area contributed by atoms with Gasteiger partial charge in [0.05, 0.1) is 18.6 Å². The molecule has 5 nitrogen and oxygen atoms in total. The number of amides is 1. The van der Waals surface area contributed by atoms with Crippen LogP contribution in [0, 0.1) is 0 Å². The second kappa shape index (κ2) is 7.93. The average Bonchev–Trinajstić information content (AvgIpc) is 2.59. The van der Waals surface area contributed by atoms with Gasteiger partial charge in [-0.05, 0) is 43.2 Å². The van der Waals surface area contributed by atoms with Crippen molar-refractivity contribution in [3.8, 4) is 5.75 Å². The Morgan fingerprint density at radius 1 is 1.32 bits per heavy atom. The summed E-state index contributed by atoms with van der Waals surface area (Å²) in [6.45, 7) is 0.663. The quantitative estimate of drug-likeness (QED) is 0.770. The normalized spacial score (nSPS) is 23.3. The summed E-state index contributed by atoms with van der Waals surface area (Å²) < 4.78 is 0. The number of phenolic OH excluding ortho intramolecular Hbond substituents is 1. The number of nitrogens with zero attached hydrogens (tertiary/aromatic N) is 1. The van der Waals surface area contributed by atoms with Crippen LogP contribution in [0.4, 0.5) is 0 Å². The molecular weight excluding hydrogens is 340 g/mol. The van der Waals surface area contributed by atoms with Crippen LogP contribution in [0.25, 0.3) is 0 Å². The van der Waals surface area contributed by atoms with E-state index >= 15 is 0 Å². The number of benzene rings is 1. The fraction of sp³-hybridized carbons (Fsp3) is 0.421. The minimum Gasteiger partial charge on any atom is -0.508 e. The molecule has 0 bridgehead atoms. The molecule has 0 radical (unpaired) electrons. The smallest absolute Gasteiger partial charge is 0.228 e. The summed E-state index contributed by atoms with van der Waals surface area (Å²) in [6.07, 6.45) is 9.58. The minimum atomic E-state index is -0.284. The molecule has 0 spiro atoms. The van der Waals surface area contributed by atoms with E-state index in [0.29, 0.717) is 17.1 Å². The zero-order valence-corrected chi connectivity index (χ0v) is 14.7. The number of halogens is 1. The Hall–Kier alpha value is -1.98. The highest BCUT2D eigenvalue weighted by atomic mass is 35.5. The molecule has 1 amide bonds. The van der Waals surface area contributed by atoms with E-state index in [9.17, 15) is 15.0 Å². The van der Waals surface area contributed by atoms with Crippen molar-refractivity contribution in [1.29, 1.82) is 0 Å². The number of hydrogen-bond acceptors (Lipinski definition) is 4. The van der Waals surface area contributed by atoms with Gasteiger partial charge < -0.3 is 20.4 Å². The summed E-state index contributed by atoms with van der Waals surface area (Å²) in [4.78, 5) is 14.3. The van der Waals surface area contributed by atoms with Gasteiger partial charge in [0.15, 0.2) is 0 Å². The first-order valence-electron chi connectivity index (χ1n) is 8.62. The molecule has 0 unspecified atom stereocenters. The van der Waals surface area contributed by atoms with Gasteiger partial charge in [-0.3, -0.25) is 4.79 Å². The second-order valence-electron chi connectivity index (χ2n) is 6.59. The molecule has 134 valence electrons. The van der Waals surface area contributed by atoms with Gasteiger partial charge in [-0.1, -0.05) is 24.4 Å². The number of carbonyl (C=O) groups excluding carboxylic acids is 1. The maximum absolute atomic E-state index is 12.2. The molecule has 0 aromatic heterocycles. The van der Waals surface area contributed by atoms with E-state index in [1.807, 2.05) is 18.4 Å². The van der Waals surface area contributed by atoms with Gasteiger partial charge in [0.1, 0.15) is 5.75 Å². The molecule has 2 atom stereocenters. The van der Waals surface area contributed by atoms with Crippen LogP contribution in [0.15, 0.2) is 42.2 Å². The highest BCUT2D eigenvalue weighted by molar-refractivity contribution is 6.30. The van der Waals surface area contributed by atoms with Gasteiger partial charge in [0.2, 0.25) is 5.91 Å². The molecule has 1 fully saturated rings. The Labute approximate surface area is 152 Å². The van der Waals surface area contributed by atoms with E-state index in [2.05, 4.69) is 10.2 Å². The molecule has 25 heavy (non-hydrogen) atoms. The summed E-state index contributed by atoms with van der Waals surface area (Å²) in [5.41, 5.74) is 1.23. The van der Waals surface area contributed by atoms with Gasteiger partial charge in [0.25, 0.3) is 0 Å². The first kappa shape index (κ1) is 17.8. The number of nitrogens with one attached hydrogen (secondary N) is 1. The zero-order chi connectivity index (χ0) is 17.8. The average molecular weight is 363 g/mol. The maximum Gasteiger partial charge on any atom is 0.228 e. The lowest BCUT2D eigenvalue weighted by Gasteiger charge is -2.37. The Morgan fingerprint density at radius 3 is 2.84 bits per heavy atom. The van der Waals surface area contributed by atoms with Crippen molar-refractivity contribution in [1.82, 2.24) is 10.2 Å². The predicted octanol–water partition coefficient (Wildman–Crippen LogP) is 2.72. The zero-order valence-electron chi connectivity index (χ0n) is 14.0. The molecule has 0 saturated heterocycles. The summed E-state index contributed by atoms with van der Waals surface area (Å²) in [5.74, 6) is -0.148. The van der Waals surface area contributed by atoms with Gasteiger partial charge in [-0.15, -0.1) is 0 Å². The number of hydrogen-bond donors (Lipinski definition) is 3. The van der Waals surface area contributed by atoms with Crippen LogP contribution in [0.1, 0.15) is 31.2 Å². The molecule has 3 N–H and O–H groups in total. The van der Waals surface area contributed by atoms with Crippen LogP contribution in [0.2, 0.25) is 5.02 Å². The molecule has 2 aliphatic rings. The SMILES string of the molecule is O=C(Cc1cc(Cl)ccc1O)NC1=CCN([C@H]2CCCC[C@@H]2O)C=C1. The number of aromatic hydroxyl groups is 1. The van der Waals surface area contributed by atoms with Crippen LogP contribution in [-0.4, -0.2) is 39.7 Å². The minimum absolute atomic E-state index is 0.0582. The maximum atomic E-state index is 12.2. The fourth-order valence-electron chi connectivity index (χ4n) is 3.40. The van der Waals surface area contributed by atoms with E-state index in [1.165, 1.54) is 6.07 Å². The van der Waals surface area contributed by atoms with Crippen molar-refractivity contribution >= 4 is 17.5 Å². The molecule has 1 aromatic rings. The van der Waals surface area contributed by atoms with E-state index in [0.717, 1.165) is 31.4 Å². The van der Waals surface area contributed by atoms with Crippen LogP contribution in [0.3, 0.4) is 0 Å². The predicted molar refractivity (Wildman–Crippen MR) is 97.2 cm³/mol. The first-order valence-corrected chi connectivity index (χ1v) is 9.00. The van der Waals surface area contributed by atoms with Gasteiger partial charge in [-0.25, -0.2) is 0 Å². The lowest BCUT2D eigenvalue weighted by molar-refractivity contribution is -0.119. The Balaban J connectivity index is 1.55. The molecular formula is C19H23ClN2O3. The van der Waals surface area contributed by atoms with Gasteiger partial charge >= 0.3 is 0 Å². The third kappa shape index (κ3) is 4.55. The van der Waals surface area contributed by atoms with E-state index < -0.39 is 0 Å². The molecule has 1 aliphatic heterocycles. The number of aliphatic hydroxyl groups is 1. The topological polar surface area (TPSA) is 72.8 Å². The molecule has 3 rings (SSSR count). The van der Waals surface area contributed by atoms with Crippen molar-refractivity contribution in [3.63, 3.8) is 0 Å². The van der Waals surface area contributed by atoms with Crippen molar-refractivity contribution in [3.05, 3.63) is 52.8 Å². The highest BCUT2D eigenvalue weighted by Crippen LogP contribution is 2.25. The number of aliphatic hydroxyl groups excluding tert-OH is 1. The molecule has 1 heterocycles. The Kier molecular flexibility index (Phi) is 5.66. The molecule has 1 aliphatic carbocycles. The number of phenols is 1. The van der Waals surface area contributed by atoms with Gasteiger partial charge in [-0.2, -0.15) is 0 Å². The van der Waals surface area contributed by atoms with Crippen molar-refractivity contribution in [2.75, 3.05) is 6.54 Å². The summed E-state index contributed by atoms with van der Waals surface area (Å²) >= 11 is 5.90. The molecule has 1 saturated carbocycles. The standard InChI is InChI=1S/C19H23ClN2O3/c20-14-5-6-17(23)13(11-14)12-19(25)21-15-7-9-22(10-8-15)16-3-1-2-4-18(16)24/h5-9,11,16,18,23-24H,1-4,10,12H2,(H,21,25)/t16-,18-/m0/s1. The number of rotatable bonds is 4. The van der Waals surface area contributed by atoms with Crippen molar-refractivity contribution in [2.24, 2.45) is 0 Å². The van der Waals surface area contributed by atoms with Crippen molar-refractivity contribution < 1.29 is 15.0 Å². The van der Waals surface area contributed by atoms with E-state index in [-0.39, 0.29) is 30.2 Å². The summed E-state index contributed by atoms with van der Waals surface area (Å²) in [6, 6.07) is 4.81. The second-order valence-corrected chi connectivity index (χ2v) is 7.03. The number of carbonyl (C=O) groups is 1. The van der Waals surface area contributed by atoms with E-state index in [4.69, 9.17) is 11.6 Å². The summed E-state index contributed by atoms with van der Waals surface area (Å²) in [5, 5.41) is 23.3. The Bertz CT molecular complexity index is 702. The summed E-state index contributed by atoms with van der Waals surface area (Å²) in [7, 11) is 0. The fourth-order valence-corrected chi connectivity index (χ4v) is 3.59. The highest BCUT2D eigenvalue weighted by Gasteiger charge is 2.27. The van der Waals surface area contributed by atoms with Gasteiger partial charge in [0, 0.05) is 29.0 Å². The molecule has 1 aromatic carbocycles. The van der Waals surface area contributed by atoms with Crippen LogP contribution < -0.4 is 5.32 Å².